The Morgan fingerprint density at radius 1 is 1.00 bits per heavy atom. The highest BCUT2D eigenvalue weighted by molar-refractivity contribution is 5.74. The van der Waals surface area contributed by atoms with Crippen molar-refractivity contribution in [2.24, 2.45) is 0 Å². The molecule has 0 heterocycles. The molecule has 2 aromatic carbocycles. The van der Waals surface area contributed by atoms with E-state index in [2.05, 4.69) is 47.0 Å². The van der Waals surface area contributed by atoms with Crippen LogP contribution in [0, 0.1) is 0 Å². The Hall–Kier alpha value is -2.49. The number of amides is 2. The van der Waals surface area contributed by atoms with Gasteiger partial charge in [-0.1, -0.05) is 55.3 Å². The molecule has 0 radical (unpaired) electrons. The summed E-state index contributed by atoms with van der Waals surface area (Å²) in [5, 5.41) is 6.10. The summed E-state index contributed by atoms with van der Waals surface area (Å²) in [6, 6.07) is 18.6. The van der Waals surface area contributed by atoms with Crippen LogP contribution in [0.15, 0.2) is 54.6 Å². The van der Waals surface area contributed by atoms with Gasteiger partial charge in [0.25, 0.3) is 0 Å². The van der Waals surface area contributed by atoms with E-state index >= 15 is 0 Å². The van der Waals surface area contributed by atoms with Gasteiger partial charge in [-0.3, -0.25) is 0 Å². The first-order chi connectivity index (χ1) is 13.2. The molecule has 144 valence electrons. The normalized spacial score (nSPS) is 15.3. The van der Waals surface area contributed by atoms with Crippen molar-refractivity contribution in [3.63, 3.8) is 0 Å². The van der Waals surface area contributed by atoms with Gasteiger partial charge in [-0.05, 0) is 48.9 Å². The molecule has 1 aliphatic carbocycles. The summed E-state index contributed by atoms with van der Waals surface area (Å²) in [5.74, 6) is 0.871. The van der Waals surface area contributed by atoms with Crippen molar-refractivity contribution in [2.45, 2.75) is 43.9 Å². The van der Waals surface area contributed by atoms with Crippen LogP contribution < -0.4 is 15.4 Å². The number of aryl methyl sites for hydroxylation is 1. The molecule has 2 amide bonds. The predicted octanol–water partition coefficient (Wildman–Crippen LogP) is 4.44. The number of nitrogens with one attached hydrogen (secondary N) is 2. The van der Waals surface area contributed by atoms with Gasteiger partial charge in [0.05, 0.1) is 7.11 Å². The molecule has 0 aromatic heterocycles. The second-order valence-corrected chi connectivity index (χ2v) is 7.41. The minimum atomic E-state index is -0.0668. The Bertz CT molecular complexity index is 707. The lowest BCUT2D eigenvalue weighted by atomic mass is 9.79. The van der Waals surface area contributed by atoms with Crippen molar-refractivity contribution in [1.82, 2.24) is 10.6 Å². The lowest BCUT2D eigenvalue weighted by Crippen LogP contribution is -2.44. The van der Waals surface area contributed by atoms with E-state index < -0.39 is 0 Å². The van der Waals surface area contributed by atoms with Crippen molar-refractivity contribution in [2.75, 3.05) is 20.2 Å². The monoisotopic (exact) mass is 366 g/mol. The Kier molecular flexibility index (Phi) is 6.74. The van der Waals surface area contributed by atoms with Crippen LogP contribution in [-0.2, 0) is 11.8 Å². The molecule has 0 saturated heterocycles. The van der Waals surface area contributed by atoms with Crippen molar-refractivity contribution >= 4 is 6.03 Å². The summed E-state index contributed by atoms with van der Waals surface area (Å²) in [7, 11) is 1.68. The number of urea groups is 1. The smallest absolute Gasteiger partial charge is 0.314 e. The first-order valence-electron chi connectivity index (χ1n) is 9.92. The van der Waals surface area contributed by atoms with E-state index in [-0.39, 0.29) is 11.4 Å². The van der Waals surface area contributed by atoms with Crippen LogP contribution in [0.4, 0.5) is 4.79 Å². The molecule has 1 saturated carbocycles. The maximum atomic E-state index is 12.2. The van der Waals surface area contributed by atoms with Gasteiger partial charge in [0.1, 0.15) is 5.75 Å². The SMILES string of the molecule is COc1ccc(C2(CNC(=O)NCCCc3ccccc3)CCCC2)cc1. The zero-order valence-corrected chi connectivity index (χ0v) is 16.2. The highest BCUT2D eigenvalue weighted by atomic mass is 16.5. The zero-order valence-electron chi connectivity index (χ0n) is 16.2. The van der Waals surface area contributed by atoms with Crippen LogP contribution >= 0.6 is 0 Å². The fourth-order valence-electron chi connectivity index (χ4n) is 4.01. The summed E-state index contributed by atoms with van der Waals surface area (Å²) in [4.78, 5) is 12.2. The molecule has 27 heavy (non-hydrogen) atoms. The maximum Gasteiger partial charge on any atom is 0.314 e. The summed E-state index contributed by atoms with van der Waals surface area (Å²) in [5.41, 5.74) is 2.66. The highest BCUT2D eigenvalue weighted by Gasteiger charge is 2.35. The minimum absolute atomic E-state index is 0.0493. The summed E-state index contributed by atoms with van der Waals surface area (Å²) in [6.07, 6.45) is 6.60. The van der Waals surface area contributed by atoms with E-state index in [1.807, 2.05) is 18.2 Å². The molecule has 0 unspecified atom stereocenters. The van der Waals surface area contributed by atoms with Crippen LogP contribution in [0.25, 0.3) is 0 Å². The third kappa shape index (κ3) is 5.25. The molecular formula is C23H30N2O2. The minimum Gasteiger partial charge on any atom is -0.497 e. The Labute approximate surface area is 162 Å². The number of hydrogen-bond acceptors (Lipinski definition) is 2. The van der Waals surface area contributed by atoms with Gasteiger partial charge in [0, 0.05) is 18.5 Å². The lowest BCUT2D eigenvalue weighted by molar-refractivity contribution is 0.237. The predicted molar refractivity (Wildman–Crippen MR) is 109 cm³/mol. The molecule has 0 spiro atoms. The van der Waals surface area contributed by atoms with Gasteiger partial charge in [-0.25, -0.2) is 4.79 Å². The van der Waals surface area contributed by atoms with Crippen molar-refractivity contribution in [1.29, 1.82) is 0 Å². The number of benzene rings is 2. The Morgan fingerprint density at radius 3 is 2.37 bits per heavy atom. The fraction of sp³-hybridized carbons (Fsp3) is 0.435. The largest absolute Gasteiger partial charge is 0.497 e. The quantitative estimate of drug-likeness (QED) is 0.679. The van der Waals surface area contributed by atoms with E-state index in [9.17, 15) is 4.79 Å². The van der Waals surface area contributed by atoms with Gasteiger partial charge < -0.3 is 15.4 Å². The Balaban J connectivity index is 1.46. The molecule has 4 heteroatoms. The van der Waals surface area contributed by atoms with E-state index in [0.29, 0.717) is 13.1 Å². The van der Waals surface area contributed by atoms with Crippen LogP contribution in [0.5, 0.6) is 5.75 Å². The summed E-state index contributed by atoms with van der Waals surface area (Å²) < 4.78 is 5.27. The molecule has 2 N–H and O–H groups in total. The Morgan fingerprint density at radius 2 is 1.70 bits per heavy atom. The van der Waals surface area contributed by atoms with Gasteiger partial charge in [0.15, 0.2) is 0 Å². The first-order valence-corrected chi connectivity index (χ1v) is 9.92. The average Bonchev–Trinajstić information content (AvgIpc) is 3.21. The molecule has 1 fully saturated rings. The average molecular weight is 367 g/mol. The number of hydrogen-bond donors (Lipinski definition) is 2. The van der Waals surface area contributed by atoms with Gasteiger partial charge in [-0.2, -0.15) is 0 Å². The van der Waals surface area contributed by atoms with E-state index in [1.165, 1.54) is 24.0 Å². The molecule has 4 nitrogen and oxygen atoms in total. The molecule has 0 aliphatic heterocycles. The van der Waals surface area contributed by atoms with Crippen molar-refractivity contribution < 1.29 is 9.53 Å². The fourth-order valence-corrected chi connectivity index (χ4v) is 4.01. The summed E-state index contributed by atoms with van der Waals surface area (Å²) >= 11 is 0. The second kappa shape index (κ2) is 9.45. The zero-order chi connectivity index (χ0) is 19.0. The third-order valence-electron chi connectivity index (χ3n) is 5.62. The number of ether oxygens (including phenoxy) is 1. The summed E-state index contributed by atoms with van der Waals surface area (Å²) in [6.45, 7) is 1.38. The highest BCUT2D eigenvalue weighted by Crippen LogP contribution is 2.41. The second-order valence-electron chi connectivity index (χ2n) is 7.41. The van der Waals surface area contributed by atoms with Gasteiger partial charge >= 0.3 is 6.03 Å². The topological polar surface area (TPSA) is 50.4 Å². The number of rotatable bonds is 8. The molecule has 3 rings (SSSR count). The molecular weight excluding hydrogens is 336 g/mol. The van der Waals surface area contributed by atoms with Crippen molar-refractivity contribution in [3.8, 4) is 5.75 Å². The van der Waals surface area contributed by atoms with Crippen LogP contribution in [0.3, 0.4) is 0 Å². The van der Waals surface area contributed by atoms with Gasteiger partial charge in [0.2, 0.25) is 0 Å². The van der Waals surface area contributed by atoms with Gasteiger partial charge in [-0.15, -0.1) is 0 Å². The molecule has 0 atom stereocenters. The van der Waals surface area contributed by atoms with E-state index in [1.54, 1.807) is 7.11 Å². The van der Waals surface area contributed by atoms with E-state index in [0.717, 1.165) is 31.4 Å². The first kappa shape index (κ1) is 19.3. The van der Waals surface area contributed by atoms with E-state index in [4.69, 9.17) is 4.74 Å². The maximum absolute atomic E-state index is 12.2. The number of carbonyl (C=O) groups is 1. The molecule has 2 aromatic rings. The lowest BCUT2D eigenvalue weighted by Gasteiger charge is -2.30. The number of carbonyl (C=O) groups excluding carboxylic acids is 1. The third-order valence-corrected chi connectivity index (χ3v) is 5.62. The van der Waals surface area contributed by atoms with Crippen LogP contribution in [0.2, 0.25) is 0 Å². The molecule has 1 aliphatic rings. The number of methoxy groups -OCH3 is 1. The van der Waals surface area contributed by atoms with Crippen molar-refractivity contribution in [3.05, 3.63) is 65.7 Å². The van der Waals surface area contributed by atoms with Crippen LogP contribution in [-0.4, -0.2) is 26.2 Å². The molecule has 0 bridgehead atoms. The van der Waals surface area contributed by atoms with Crippen LogP contribution in [0.1, 0.15) is 43.2 Å². The standard InChI is InChI=1S/C23H30N2O2/c1-27-21-13-11-20(12-14-21)23(15-5-6-16-23)18-25-22(26)24-17-7-10-19-8-3-2-4-9-19/h2-4,8-9,11-14H,5-7,10,15-18H2,1H3,(H2,24,25,26).